The Bertz CT molecular complexity index is 607. The highest BCUT2D eigenvalue weighted by atomic mass is 16.4. The Kier molecular flexibility index (Phi) is 3.50. The molecule has 0 aliphatic carbocycles. The lowest BCUT2D eigenvalue weighted by Gasteiger charge is -2.12. The summed E-state index contributed by atoms with van der Waals surface area (Å²) in [5.41, 5.74) is 0.565. The van der Waals surface area contributed by atoms with Crippen molar-refractivity contribution in [3.8, 4) is 0 Å². The Balaban J connectivity index is 2.21. The van der Waals surface area contributed by atoms with Crippen molar-refractivity contribution in [1.29, 1.82) is 0 Å². The maximum atomic E-state index is 10.9. The Morgan fingerprint density at radius 1 is 1.37 bits per heavy atom. The van der Waals surface area contributed by atoms with Gasteiger partial charge in [-0.1, -0.05) is 0 Å². The molecule has 6 heteroatoms. The van der Waals surface area contributed by atoms with E-state index in [0.29, 0.717) is 5.69 Å². The SMILES string of the molecule is Cc1cc(C(=O)O)nc(NC(C)c2ccc(C)o2)n1. The van der Waals surface area contributed by atoms with Crippen molar-refractivity contribution in [3.63, 3.8) is 0 Å². The third-order valence-corrected chi connectivity index (χ3v) is 2.61. The average molecular weight is 261 g/mol. The number of rotatable bonds is 4. The van der Waals surface area contributed by atoms with Gasteiger partial charge in [-0.3, -0.25) is 0 Å². The van der Waals surface area contributed by atoms with Crippen molar-refractivity contribution in [3.05, 3.63) is 41.1 Å². The second-order valence-corrected chi connectivity index (χ2v) is 4.34. The van der Waals surface area contributed by atoms with Crippen LogP contribution in [0.2, 0.25) is 0 Å². The highest BCUT2D eigenvalue weighted by Gasteiger charge is 2.13. The maximum absolute atomic E-state index is 10.9. The van der Waals surface area contributed by atoms with Crippen molar-refractivity contribution in [1.82, 2.24) is 9.97 Å². The van der Waals surface area contributed by atoms with Gasteiger partial charge in [-0.15, -0.1) is 0 Å². The number of hydrogen-bond acceptors (Lipinski definition) is 5. The molecule has 6 nitrogen and oxygen atoms in total. The standard InChI is InChI=1S/C13H15N3O3/c1-7-6-10(12(17)18)16-13(14-7)15-9(3)11-5-4-8(2)19-11/h4-6,9H,1-3H3,(H,17,18)(H,14,15,16). The Morgan fingerprint density at radius 2 is 2.11 bits per heavy atom. The van der Waals surface area contributed by atoms with Crippen LogP contribution >= 0.6 is 0 Å². The topological polar surface area (TPSA) is 88.2 Å². The molecular formula is C13H15N3O3. The first-order valence-electron chi connectivity index (χ1n) is 5.87. The van der Waals surface area contributed by atoms with Crippen LogP contribution in [0.1, 0.15) is 40.7 Å². The lowest BCUT2D eigenvalue weighted by molar-refractivity contribution is 0.0690. The molecule has 1 atom stereocenters. The summed E-state index contributed by atoms with van der Waals surface area (Å²) in [6.07, 6.45) is 0. The average Bonchev–Trinajstić information content (AvgIpc) is 2.75. The fourth-order valence-corrected chi connectivity index (χ4v) is 1.69. The zero-order valence-corrected chi connectivity index (χ0v) is 11.0. The third-order valence-electron chi connectivity index (χ3n) is 2.61. The van der Waals surface area contributed by atoms with Crippen LogP contribution in [0, 0.1) is 13.8 Å². The number of anilines is 1. The quantitative estimate of drug-likeness (QED) is 0.879. The monoisotopic (exact) mass is 261 g/mol. The summed E-state index contributed by atoms with van der Waals surface area (Å²) in [7, 11) is 0. The van der Waals surface area contributed by atoms with E-state index in [9.17, 15) is 4.79 Å². The fraction of sp³-hybridized carbons (Fsp3) is 0.308. The molecule has 0 saturated carbocycles. The van der Waals surface area contributed by atoms with Crippen molar-refractivity contribution in [2.24, 2.45) is 0 Å². The van der Waals surface area contributed by atoms with E-state index in [1.807, 2.05) is 26.0 Å². The molecule has 0 saturated heterocycles. The van der Waals surface area contributed by atoms with E-state index in [2.05, 4.69) is 15.3 Å². The van der Waals surface area contributed by atoms with Gasteiger partial charge < -0.3 is 14.8 Å². The second-order valence-electron chi connectivity index (χ2n) is 4.34. The molecule has 0 aliphatic rings. The molecule has 19 heavy (non-hydrogen) atoms. The van der Waals surface area contributed by atoms with Crippen molar-refractivity contribution in [2.75, 3.05) is 5.32 Å². The van der Waals surface area contributed by atoms with Gasteiger partial charge in [0, 0.05) is 5.69 Å². The smallest absolute Gasteiger partial charge is 0.354 e. The van der Waals surface area contributed by atoms with E-state index in [1.54, 1.807) is 6.92 Å². The number of carbonyl (C=O) groups is 1. The predicted octanol–water partition coefficient (Wildman–Crippen LogP) is 2.56. The van der Waals surface area contributed by atoms with Crippen molar-refractivity contribution < 1.29 is 14.3 Å². The summed E-state index contributed by atoms with van der Waals surface area (Å²) in [6, 6.07) is 5.01. The van der Waals surface area contributed by atoms with Crippen LogP contribution in [0.25, 0.3) is 0 Å². The van der Waals surface area contributed by atoms with Gasteiger partial charge in [0.05, 0.1) is 6.04 Å². The molecule has 0 aliphatic heterocycles. The minimum Gasteiger partial charge on any atom is -0.477 e. The molecule has 2 N–H and O–H groups in total. The first-order chi connectivity index (χ1) is 8.95. The summed E-state index contributed by atoms with van der Waals surface area (Å²) in [6.45, 7) is 5.48. The normalized spacial score (nSPS) is 12.2. The fourth-order valence-electron chi connectivity index (χ4n) is 1.69. The first-order valence-corrected chi connectivity index (χ1v) is 5.87. The summed E-state index contributed by atoms with van der Waals surface area (Å²) in [5, 5.41) is 12.0. The van der Waals surface area contributed by atoms with E-state index >= 15 is 0 Å². The maximum Gasteiger partial charge on any atom is 0.354 e. The molecule has 2 rings (SSSR count). The summed E-state index contributed by atoms with van der Waals surface area (Å²) in [4.78, 5) is 19.0. The van der Waals surface area contributed by atoms with Gasteiger partial charge in [-0.05, 0) is 39.0 Å². The minimum absolute atomic E-state index is 0.0298. The van der Waals surface area contributed by atoms with Crippen LogP contribution in [-0.4, -0.2) is 21.0 Å². The van der Waals surface area contributed by atoms with Gasteiger partial charge in [-0.2, -0.15) is 0 Å². The number of aromatic nitrogens is 2. The number of hydrogen-bond donors (Lipinski definition) is 2. The zero-order chi connectivity index (χ0) is 14.0. The number of carboxylic acid groups (broad SMARTS) is 1. The van der Waals surface area contributed by atoms with Gasteiger partial charge in [0.1, 0.15) is 11.5 Å². The van der Waals surface area contributed by atoms with Gasteiger partial charge in [0.25, 0.3) is 0 Å². The molecule has 0 radical (unpaired) electrons. The minimum atomic E-state index is -1.07. The predicted molar refractivity (Wildman–Crippen MR) is 69.2 cm³/mol. The molecule has 0 bridgehead atoms. The Hall–Kier alpha value is -2.37. The van der Waals surface area contributed by atoms with Gasteiger partial charge >= 0.3 is 5.97 Å². The van der Waals surface area contributed by atoms with Crippen LogP contribution < -0.4 is 5.32 Å². The lowest BCUT2D eigenvalue weighted by atomic mass is 10.2. The molecular weight excluding hydrogens is 246 g/mol. The lowest BCUT2D eigenvalue weighted by Crippen LogP contribution is -2.12. The highest BCUT2D eigenvalue weighted by Crippen LogP contribution is 2.19. The van der Waals surface area contributed by atoms with Crippen LogP contribution in [0.4, 0.5) is 5.95 Å². The molecule has 1 unspecified atom stereocenters. The largest absolute Gasteiger partial charge is 0.477 e. The molecule has 0 spiro atoms. The Morgan fingerprint density at radius 3 is 2.68 bits per heavy atom. The number of aromatic carboxylic acids is 1. The first kappa shape index (κ1) is 13.1. The van der Waals surface area contributed by atoms with E-state index < -0.39 is 5.97 Å². The van der Waals surface area contributed by atoms with Gasteiger partial charge in [-0.25, -0.2) is 14.8 Å². The molecule has 0 amide bonds. The van der Waals surface area contributed by atoms with Crippen LogP contribution in [0.15, 0.2) is 22.6 Å². The number of aryl methyl sites for hydroxylation is 2. The zero-order valence-electron chi connectivity index (χ0n) is 11.0. The van der Waals surface area contributed by atoms with Crippen molar-refractivity contribution in [2.45, 2.75) is 26.8 Å². The third kappa shape index (κ3) is 3.09. The molecule has 0 aromatic carbocycles. The van der Waals surface area contributed by atoms with E-state index in [1.165, 1.54) is 6.07 Å². The summed E-state index contributed by atoms with van der Waals surface area (Å²) >= 11 is 0. The molecule has 2 aromatic heterocycles. The number of nitrogens with zero attached hydrogens (tertiary/aromatic N) is 2. The number of carboxylic acids is 1. The summed E-state index contributed by atoms with van der Waals surface area (Å²) in [5.74, 6) is 0.772. The van der Waals surface area contributed by atoms with Gasteiger partial charge in [0.2, 0.25) is 5.95 Å². The molecule has 2 aromatic rings. The molecule has 0 fully saturated rings. The van der Waals surface area contributed by atoms with E-state index in [-0.39, 0.29) is 17.7 Å². The Labute approximate surface area is 110 Å². The van der Waals surface area contributed by atoms with Crippen molar-refractivity contribution >= 4 is 11.9 Å². The second kappa shape index (κ2) is 5.09. The summed E-state index contributed by atoms with van der Waals surface area (Å²) < 4.78 is 5.49. The van der Waals surface area contributed by atoms with Crippen LogP contribution in [-0.2, 0) is 0 Å². The van der Waals surface area contributed by atoms with E-state index in [0.717, 1.165) is 11.5 Å². The number of nitrogens with one attached hydrogen (secondary N) is 1. The highest BCUT2D eigenvalue weighted by molar-refractivity contribution is 5.85. The number of furan rings is 1. The van der Waals surface area contributed by atoms with Crippen LogP contribution in [0.5, 0.6) is 0 Å². The van der Waals surface area contributed by atoms with Gasteiger partial charge in [0.15, 0.2) is 5.69 Å². The molecule has 2 heterocycles. The van der Waals surface area contributed by atoms with E-state index in [4.69, 9.17) is 9.52 Å². The molecule has 100 valence electrons. The van der Waals surface area contributed by atoms with Crippen LogP contribution in [0.3, 0.4) is 0 Å².